The fraction of sp³-hybridized carbons (Fsp3) is 0.105. The highest BCUT2D eigenvalue weighted by atomic mass is 35.5. The molecule has 0 bridgehead atoms. The highest BCUT2D eigenvalue weighted by Crippen LogP contribution is 2.35. The van der Waals surface area contributed by atoms with E-state index in [9.17, 15) is 19.7 Å². The number of nitrogens with one attached hydrogen (secondary N) is 2. The number of nitro groups is 1. The molecule has 12 nitrogen and oxygen atoms in total. The summed E-state index contributed by atoms with van der Waals surface area (Å²) in [7, 11) is 1.30. The Labute approximate surface area is 196 Å². The maximum Gasteiger partial charge on any atom is 0.294 e. The van der Waals surface area contributed by atoms with Gasteiger partial charge in [-0.25, -0.2) is 4.68 Å². The summed E-state index contributed by atoms with van der Waals surface area (Å²) < 4.78 is 6.62. The molecule has 1 heterocycles. The molecular weight excluding hydrogens is 477 g/mol. The highest BCUT2D eigenvalue weighted by molar-refractivity contribution is 6.30. The lowest BCUT2D eigenvalue weighted by atomic mass is 10.3. The molecule has 0 radical (unpaired) electrons. The lowest BCUT2D eigenvalue weighted by Gasteiger charge is -2.05. The summed E-state index contributed by atoms with van der Waals surface area (Å²) in [6.07, 6.45) is 0. The molecule has 2 N–H and O–H groups in total. The van der Waals surface area contributed by atoms with Gasteiger partial charge in [0.25, 0.3) is 17.5 Å². The fourth-order valence-electron chi connectivity index (χ4n) is 2.57. The number of halogens is 2. The van der Waals surface area contributed by atoms with Crippen LogP contribution < -0.4 is 15.6 Å². The second kappa shape index (κ2) is 10.5. The molecule has 1 aromatic heterocycles. The first-order chi connectivity index (χ1) is 15.8. The normalized spacial score (nSPS) is 10.8. The first-order valence-corrected chi connectivity index (χ1v) is 9.99. The van der Waals surface area contributed by atoms with Gasteiger partial charge in [-0.05, 0) is 30.3 Å². The number of aromatic nitrogens is 2. The summed E-state index contributed by atoms with van der Waals surface area (Å²) in [6, 6.07) is 11.9. The van der Waals surface area contributed by atoms with Crippen LogP contribution in [0.5, 0.6) is 5.75 Å². The Kier molecular flexibility index (Phi) is 7.53. The van der Waals surface area contributed by atoms with Crippen LogP contribution in [0.15, 0.2) is 58.8 Å². The highest BCUT2D eigenvalue weighted by Gasteiger charge is 2.26. The summed E-state index contributed by atoms with van der Waals surface area (Å²) >= 11 is 11.5. The number of carbonyl (C=O) groups is 2. The smallest absolute Gasteiger partial charge is 0.294 e. The molecule has 0 aliphatic carbocycles. The number of amides is 2. The van der Waals surface area contributed by atoms with Crippen LogP contribution in [0.25, 0.3) is 5.69 Å². The second-order valence-corrected chi connectivity index (χ2v) is 6.91. The molecule has 0 saturated carbocycles. The summed E-state index contributed by atoms with van der Waals surface area (Å²) in [5.74, 6) is -1.79. The average molecular weight is 492 g/mol. The fourth-order valence-corrected chi connectivity index (χ4v) is 2.82. The predicted molar refractivity (Wildman–Crippen MR) is 119 cm³/mol. The number of nitrogens with zero attached hydrogens (tertiary/aromatic N) is 5. The Hall–Kier alpha value is -4.03. The third kappa shape index (κ3) is 5.61. The van der Waals surface area contributed by atoms with Gasteiger partial charge in [0, 0.05) is 17.2 Å². The van der Waals surface area contributed by atoms with E-state index in [0.29, 0.717) is 16.4 Å². The Morgan fingerprint density at radius 1 is 1.18 bits per heavy atom. The van der Waals surface area contributed by atoms with Gasteiger partial charge in [-0.2, -0.15) is 5.10 Å². The molecule has 2 aromatic carbocycles. The third-order valence-corrected chi connectivity index (χ3v) is 4.53. The number of methoxy groups -OCH3 is 1. The van der Waals surface area contributed by atoms with Gasteiger partial charge in [-0.1, -0.05) is 17.7 Å². The van der Waals surface area contributed by atoms with Crippen molar-refractivity contribution in [1.82, 2.24) is 20.6 Å². The van der Waals surface area contributed by atoms with Crippen LogP contribution in [-0.4, -0.2) is 39.5 Å². The molecule has 3 rings (SSSR count). The molecule has 3 aromatic rings. The van der Waals surface area contributed by atoms with E-state index in [-0.39, 0.29) is 28.8 Å². The van der Waals surface area contributed by atoms with Crippen LogP contribution >= 0.6 is 23.2 Å². The number of ether oxygens (including phenoxy) is 1. The van der Waals surface area contributed by atoms with E-state index < -0.39 is 16.7 Å². The first kappa shape index (κ1) is 23.6. The standard InChI is InChI=1S/C19H15Cl2N7O5/c1-33-17-16(19(30)25-23-15(29)10-20)26-27(14-4-2-3-11(21)9-14)18(17)24-22-12-5-7-13(8-6-12)28(31)32/h2-9H,10H2,1H3,(H,23,29)(H,25,30). The van der Waals surface area contributed by atoms with Crippen molar-refractivity contribution < 1.29 is 19.2 Å². The number of hydrazine groups is 1. The molecular formula is C19H15Cl2N7O5. The molecule has 170 valence electrons. The number of carbonyl (C=O) groups excluding carboxylic acids is 2. The number of non-ortho nitro benzene ring substituents is 1. The minimum atomic E-state index is -0.794. The van der Waals surface area contributed by atoms with Crippen LogP contribution in [0.2, 0.25) is 5.02 Å². The van der Waals surface area contributed by atoms with Crippen molar-refractivity contribution in [2.75, 3.05) is 13.0 Å². The van der Waals surface area contributed by atoms with E-state index in [1.165, 1.54) is 36.1 Å². The number of nitro benzene ring substituents is 1. The van der Waals surface area contributed by atoms with Gasteiger partial charge in [-0.3, -0.25) is 30.6 Å². The topological polar surface area (TPSA) is 153 Å². The lowest BCUT2D eigenvalue weighted by molar-refractivity contribution is -0.384. The Bertz CT molecular complexity index is 1230. The molecule has 14 heteroatoms. The molecule has 33 heavy (non-hydrogen) atoms. The summed E-state index contributed by atoms with van der Waals surface area (Å²) in [6.45, 7) is 0. The van der Waals surface area contributed by atoms with E-state index in [1.807, 2.05) is 0 Å². The number of hydrogen-bond acceptors (Lipinski definition) is 8. The summed E-state index contributed by atoms with van der Waals surface area (Å²) in [5.41, 5.74) is 4.75. The maximum atomic E-state index is 12.6. The SMILES string of the molecule is COc1c(C(=O)NNC(=O)CCl)nn(-c2cccc(Cl)c2)c1N=Nc1ccc([N+](=O)[O-])cc1. The van der Waals surface area contributed by atoms with E-state index in [2.05, 4.69) is 26.2 Å². The monoisotopic (exact) mass is 491 g/mol. The molecule has 0 aliphatic heterocycles. The zero-order valence-corrected chi connectivity index (χ0v) is 18.4. The molecule has 0 fully saturated rings. The average Bonchev–Trinajstić information content (AvgIpc) is 3.19. The van der Waals surface area contributed by atoms with E-state index >= 15 is 0 Å². The molecule has 0 unspecified atom stereocenters. The summed E-state index contributed by atoms with van der Waals surface area (Å²) in [5, 5.41) is 23.7. The van der Waals surface area contributed by atoms with Crippen LogP contribution in [0.1, 0.15) is 10.5 Å². The predicted octanol–water partition coefficient (Wildman–Crippen LogP) is 3.86. The van der Waals surface area contributed by atoms with Crippen molar-refractivity contribution >= 4 is 52.2 Å². The number of benzene rings is 2. The van der Waals surface area contributed by atoms with Gasteiger partial charge in [-0.15, -0.1) is 21.8 Å². The van der Waals surface area contributed by atoms with Crippen LogP contribution in [0.4, 0.5) is 17.2 Å². The van der Waals surface area contributed by atoms with E-state index in [1.54, 1.807) is 24.3 Å². The van der Waals surface area contributed by atoms with Crippen molar-refractivity contribution in [1.29, 1.82) is 0 Å². The van der Waals surface area contributed by atoms with E-state index in [0.717, 1.165) is 0 Å². The van der Waals surface area contributed by atoms with Crippen molar-refractivity contribution in [2.45, 2.75) is 0 Å². The van der Waals surface area contributed by atoms with Gasteiger partial charge in [0.1, 0.15) is 5.88 Å². The Morgan fingerprint density at radius 3 is 2.52 bits per heavy atom. The van der Waals surface area contributed by atoms with Crippen LogP contribution in [-0.2, 0) is 4.79 Å². The number of rotatable bonds is 7. The second-order valence-electron chi connectivity index (χ2n) is 6.21. The van der Waals surface area contributed by atoms with Crippen molar-refractivity contribution in [2.24, 2.45) is 10.2 Å². The van der Waals surface area contributed by atoms with Crippen molar-refractivity contribution in [3.63, 3.8) is 0 Å². The molecule has 0 spiro atoms. The molecule has 0 aliphatic rings. The quantitative estimate of drug-likeness (QED) is 0.221. The molecule has 0 saturated heterocycles. The first-order valence-electron chi connectivity index (χ1n) is 9.08. The minimum absolute atomic E-state index is 0.0342. The molecule has 2 amide bonds. The molecule has 0 atom stereocenters. The van der Waals surface area contributed by atoms with Gasteiger partial charge < -0.3 is 4.74 Å². The van der Waals surface area contributed by atoms with Crippen molar-refractivity contribution in [3.05, 3.63) is 69.4 Å². The third-order valence-electron chi connectivity index (χ3n) is 4.05. The number of azo groups is 1. The minimum Gasteiger partial charge on any atom is -0.491 e. The van der Waals surface area contributed by atoms with Crippen LogP contribution in [0, 0.1) is 10.1 Å². The maximum absolute atomic E-state index is 12.6. The Morgan fingerprint density at radius 2 is 1.91 bits per heavy atom. The van der Waals surface area contributed by atoms with Gasteiger partial charge >= 0.3 is 0 Å². The number of alkyl halides is 1. The summed E-state index contributed by atoms with van der Waals surface area (Å²) in [4.78, 5) is 34.2. The zero-order valence-electron chi connectivity index (χ0n) is 16.9. The van der Waals surface area contributed by atoms with Crippen LogP contribution in [0.3, 0.4) is 0 Å². The van der Waals surface area contributed by atoms with Gasteiger partial charge in [0.2, 0.25) is 5.82 Å². The Balaban J connectivity index is 2.05. The lowest BCUT2D eigenvalue weighted by Crippen LogP contribution is -2.42. The van der Waals surface area contributed by atoms with E-state index in [4.69, 9.17) is 27.9 Å². The van der Waals surface area contributed by atoms with Crippen molar-refractivity contribution in [3.8, 4) is 11.4 Å². The number of hydrogen-bond donors (Lipinski definition) is 2. The largest absolute Gasteiger partial charge is 0.491 e. The zero-order chi connectivity index (χ0) is 24.0. The van der Waals surface area contributed by atoms with Gasteiger partial charge in [0.05, 0.1) is 23.4 Å². The van der Waals surface area contributed by atoms with Gasteiger partial charge in [0.15, 0.2) is 11.4 Å².